The number of phenolic OH excluding ortho intramolecular Hbond substituents is 1. The molecule has 22 heavy (non-hydrogen) atoms. The topological polar surface area (TPSA) is 32.7 Å². The van der Waals surface area contributed by atoms with Gasteiger partial charge in [-0.1, -0.05) is 19.8 Å². The standard InChI is InChI=1S/C19H27NO2/c1-18-6-4-5-7-19(18)8-9-20(2)17(18)11-13-10-16(22-3)15(21)12-14(13)19/h10,12,17,21H,4-9,11H2,1-3H3/t17-,18+,19+/m0/s1. The van der Waals surface area contributed by atoms with Crippen molar-refractivity contribution in [1.29, 1.82) is 0 Å². The SMILES string of the molecule is COc1cc2c(cc1O)[C@]13CCCC[C@]1(C)[C@H](C2)N(C)CC3. The lowest BCUT2D eigenvalue weighted by molar-refractivity contribution is -0.0736. The minimum Gasteiger partial charge on any atom is -0.504 e. The van der Waals surface area contributed by atoms with Gasteiger partial charge >= 0.3 is 0 Å². The Morgan fingerprint density at radius 1 is 1.23 bits per heavy atom. The van der Waals surface area contributed by atoms with Gasteiger partial charge in [-0.15, -0.1) is 0 Å². The number of piperidine rings is 1. The molecule has 0 radical (unpaired) electrons. The van der Waals surface area contributed by atoms with Gasteiger partial charge in [0.2, 0.25) is 0 Å². The van der Waals surface area contributed by atoms with Crippen LogP contribution in [0.4, 0.5) is 0 Å². The van der Waals surface area contributed by atoms with Gasteiger partial charge in [-0.2, -0.15) is 0 Å². The van der Waals surface area contributed by atoms with Crippen molar-refractivity contribution < 1.29 is 9.84 Å². The molecule has 1 saturated heterocycles. The fraction of sp³-hybridized carbons (Fsp3) is 0.684. The number of rotatable bonds is 1. The van der Waals surface area contributed by atoms with Crippen molar-refractivity contribution >= 4 is 0 Å². The molecule has 3 heteroatoms. The number of hydrogen-bond donors (Lipinski definition) is 1. The first-order valence-electron chi connectivity index (χ1n) is 8.62. The largest absolute Gasteiger partial charge is 0.504 e. The summed E-state index contributed by atoms with van der Waals surface area (Å²) in [7, 11) is 3.93. The van der Waals surface area contributed by atoms with E-state index in [9.17, 15) is 5.11 Å². The van der Waals surface area contributed by atoms with E-state index in [1.54, 1.807) is 7.11 Å². The van der Waals surface area contributed by atoms with Gasteiger partial charge in [-0.05, 0) is 68.0 Å². The maximum atomic E-state index is 10.4. The normalized spacial score (nSPS) is 37.3. The average molecular weight is 301 g/mol. The predicted octanol–water partition coefficient (Wildman–Crippen LogP) is 3.48. The van der Waals surface area contributed by atoms with E-state index in [1.165, 1.54) is 49.8 Å². The molecule has 3 atom stereocenters. The van der Waals surface area contributed by atoms with Gasteiger partial charge in [0.1, 0.15) is 0 Å². The minimum atomic E-state index is 0.250. The summed E-state index contributed by atoms with van der Waals surface area (Å²) in [5.41, 5.74) is 3.40. The summed E-state index contributed by atoms with van der Waals surface area (Å²) in [4.78, 5) is 2.58. The number of phenols is 1. The Kier molecular flexibility index (Phi) is 3.03. The molecule has 0 aromatic heterocycles. The Labute approximate surface area is 133 Å². The van der Waals surface area contributed by atoms with Crippen LogP contribution in [0, 0.1) is 5.41 Å². The first-order valence-corrected chi connectivity index (χ1v) is 8.62. The van der Waals surface area contributed by atoms with E-state index in [-0.39, 0.29) is 5.41 Å². The van der Waals surface area contributed by atoms with Crippen LogP contribution in [-0.2, 0) is 11.8 Å². The van der Waals surface area contributed by atoms with E-state index in [2.05, 4.69) is 24.9 Å². The number of methoxy groups -OCH3 is 1. The summed E-state index contributed by atoms with van der Waals surface area (Å²) in [5, 5.41) is 10.4. The minimum absolute atomic E-state index is 0.250. The van der Waals surface area contributed by atoms with Gasteiger partial charge in [-0.3, -0.25) is 0 Å². The van der Waals surface area contributed by atoms with Crippen molar-refractivity contribution in [2.24, 2.45) is 5.41 Å². The number of aromatic hydroxyl groups is 1. The lowest BCUT2D eigenvalue weighted by Gasteiger charge is -2.65. The highest BCUT2D eigenvalue weighted by atomic mass is 16.5. The first kappa shape index (κ1) is 14.4. The number of nitrogens with zero attached hydrogens (tertiary/aromatic N) is 1. The number of hydrogen-bond acceptors (Lipinski definition) is 3. The summed E-state index contributed by atoms with van der Waals surface area (Å²) in [5.74, 6) is 0.927. The fourth-order valence-electron chi connectivity index (χ4n) is 5.90. The van der Waals surface area contributed by atoms with Gasteiger partial charge in [0, 0.05) is 11.5 Å². The van der Waals surface area contributed by atoms with Gasteiger partial charge in [0.15, 0.2) is 11.5 Å². The van der Waals surface area contributed by atoms with E-state index in [4.69, 9.17) is 4.74 Å². The lowest BCUT2D eigenvalue weighted by Crippen LogP contribution is -2.66. The smallest absolute Gasteiger partial charge is 0.160 e. The Hall–Kier alpha value is -1.22. The molecule has 120 valence electrons. The molecule has 4 rings (SSSR count). The van der Waals surface area contributed by atoms with Crippen molar-refractivity contribution in [3.63, 3.8) is 0 Å². The van der Waals surface area contributed by atoms with Crippen molar-refractivity contribution in [1.82, 2.24) is 4.90 Å². The van der Waals surface area contributed by atoms with Crippen LogP contribution in [0.5, 0.6) is 11.5 Å². The monoisotopic (exact) mass is 301 g/mol. The van der Waals surface area contributed by atoms with Crippen LogP contribution >= 0.6 is 0 Å². The van der Waals surface area contributed by atoms with Gasteiger partial charge < -0.3 is 14.7 Å². The van der Waals surface area contributed by atoms with E-state index < -0.39 is 0 Å². The molecule has 1 saturated carbocycles. The van der Waals surface area contributed by atoms with Crippen LogP contribution in [-0.4, -0.2) is 36.8 Å². The first-order chi connectivity index (χ1) is 10.5. The predicted molar refractivity (Wildman–Crippen MR) is 87.7 cm³/mol. The molecule has 1 aromatic carbocycles. The molecule has 0 amide bonds. The highest BCUT2D eigenvalue weighted by Crippen LogP contribution is 2.63. The second-order valence-electron chi connectivity index (χ2n) is 7.84. The van der Waals surface area contributed by atoms with Crippen LogP contribution in [0.1, 0.15) is 50.2 Å². The van der Waals surface area contributed by atoms with Crippen molar-refractivity contribution in [2.45, 2.75) is 56.9 Å². The molecular formula is C19H27NO2. The summed E-state index contributed by atoms with van der Waals surface area (Å²) < 4.78 is 5.36. The molecule has 2 fully saturated rings. The molecule has 2 bridgehead atoms. The van der Waals surface area contributed by atoms with Crippen molar-refractivity contribution in [3.05, 3.63) is 23.3 Å². The van der Waals surface area contributed by atoms with Crippen LogP contribution < -0.4 is 4.74 Å². The van der Waals surface area contributed by atoms with Gasteiger partial charge in [0.05, 0.1) is 7.11 Å². The zero-order valence-electron chi connectivity index (χ0n) is 14.0. The third kappa shape index (κ3) is 1.61. The molecule has 3 aliphatic rings. The quantitative estimate of drug-likeness (QED) is 0.862. The number of likely N-dealkylation sites (N-methyl/N-ethyl adjacent to an activating group) is 1. The Morgan fingerprint density at radius 3 is 2.77 bits per heavy atom. The van der Waals surface area contributed by atoms with E-state index in [0.717, 1.165) is 6.42 Å². The molecule has 1 heterocycles. The number of benzene rings is 1. The molecule has 1 aliphatic heterocycles. The fourth-order valence-corrected chi connectivity index (χ4v) is 5.90. The van der Waals surface area contributed by atoms with E-state index in [1.807, 2.05) is 6.07 Å². The summed E-state index contributed by atoms with van der Waals surface area (Å²) in [6, 6.07) is 4.73. The Balaban J connectivity index is 1.95. The molecule has 3 nitrogen and oxygen atoms in total. The van der Waals surface area contributed by atoms with Crippen molar-refractivity contribution in [3.8, 4) is 11.5 Å². The number of likely N-dealkylation sites (tertiary alicyclic amines) is 1. The molecule has 1 N–H and O–H groups in total. The third-order valence-electron chi connectivity index (χ3n) is 7.14. The molecule has 2 aliphatic carbocycles. The maximum Gasteiger partial charge on any atom is 0.160 e. The van der Waals surface area contributed by atoms with Crippen LogP contribution in [0.2, 0.25) is 0 Å². The van der Waals surface area contributed by atoms with Crippen LogP contribution in [0.25, 0.3) is 0 Å². The molecule has 0 unspecified atom stereocenters. The lowest BCUT2D eigenvalue weighted by atomic mass is 9.45. The maximum absolute atomic E-state index is 10.4. The molecular weight excluding hydrogens is 274 g/mol. The zero-order valence-corrected chi connectivity index (χ0v) is 14.0. The summed E-state index contributed by atoms with van der Waals surface area (Å²) in [6.45, 7) is 3.68. The third-order valence-corrected chi connectivity index (χ3v) is 7.14. The highest BCUT2D eigenvalue weighted by molar-refractivity contribution is 5.53. The van der Waals surface area contributed by atoms with Gasteiger partial charge in [-0.25, -0.2) is 0 Å². The second kappa shape index (κ2) is 4.64. The van der Waals surface area contributed by atoms with E-state index >= 15 is 0 Å². The average Bonchev–Trinajstić information content (AvgIpc) is 2.51. The summed E-state index contributed by atoms with van der Waals surface area (Å²) >= 11 is 0. The highest BCUT2D eigenvalue weighted by Gasteiger charge is 2.60. The van der Waals surface area contributed by atoms with E-state index in [0.29, 0.717) is 23.0 Å². The van der Waals surface area contributed by atoms with Crippen LogP contribution in [0.15, 0.2) is 12.1 Å². The summed E-state index contributed by atoms with van der Waals surface area (Å²) in [6.07, 6.45) is 7.55. The van der Waals surface area contributed by atoms with Crippen LogP contribution in [0.3, 0.4) is 0 Å². The Bertz CT molecular complexity index is 614. The number of fused-ring (bicyclic) bond motifs is 1. The molecule has 0 spiro atoms. The second-order valence-corrected chi connectivity index (χ2v) is 7.84. The molecule has 1 aromatic rings. The Morgan fingerprint density at radius 2 is 2.00 bits per heavy atom. The van der Waals surface area contributed by atoms with Crippen molar-refractivity contribution in [2.75, 3.05) is 20.7 Å². The van der Waals surface area contributed by atoms with Gasteiger partial charge in [0.25, 0.3) is 0 Å². The zero-order chi connectivity index (χ0) is 15.5. The number of ether oxygens (including phenoxy) is 1.